The van der Waals surface area contributed by atoms with Crippen LogP contribution in [0.15, 0.2) is 24.3 Å². The van der Waals surface area contributed by atoms with Gasteiger partial charge in [0.05, 0.1) is 12.0 Å². The average molecular weight is 234 g/mol. The number of hydrogen-bond acceptors (Lipinski definition) is 2. The Labute approximate surface area is 101 Å². The first-order valence-electron chi connectivity index (χ1n) is 6.05. The minimum absolute atomic E-state index is 0.331. The van der Waals surface area contributed by atoms with E-state index in [1.165, 1.54) is 5.56 Å². The largest absolute Gasteiger partial charge is 0.481 e. The summed E-state index contributed by atoms with van der Waals surface area (Å²) in [4.78, 5) is 11.4. The average Bonchev–Trinajstić information content (AvgIpc) is 2.80. The Kier molecular flexibility index (Phi) is 3.48. The highest BCUT2D eigenvalue weighted by atomic mass is 16.5. The topological polar surface area (TPSA) is 46.5 Å². The van der Waals surface area contributed by atoms with E-state index in [-0.39, 0.29) is 0 Å². The molecular weight excluding hydrogens is 216 g/mol. The fourth-order valence-electron chi connectivity index (χ4n) is 2.27. The fourth-order valence-corrected chi connectivity index (χ4v) is 2.27. The van der Waals surface area contributed by atoms with Crippen molar-refractivity contribution in [1.29, 1.82) is 0 Å². The summed E-state index contributed by atoms with van der Waals surface area (Å²) in [7, 11) is 0. The number of carboxylic acid groups (broad SMARTS) is 1. The first kappa shape index (κ1) is 12.1. The van der Waals surface area contributed by atoms with E-state index >= 15 is 0 Å². The summed E-state index contributed by atoms with van der Waals surface area (Å²) in [6.07, 6.45) is 2.18. The highest BCUT2D eigenvalue weighted by Crippen LogP contribution is 2.33. The van der Waals surface area contributed by atoms with Crippen LogP contribution in [0.4, 0.5) is 0 Å². The van der Waals surface area contributed by atoms with Gasteiger partial charge in [-0.05, 0) is 30.4 Å². The van der Waals surface area contributed by atoms with Crippen LogP contribution in [0.3, 0.4) is 0 Å². The number of aryl methyl sites for hydroxylation is 1. The Morgan fingerprint density at radius 2 is 2.00 bits per heavy atom. The normalized spacial score (nSPS) is 23.8. The van der Waals surface area contributed by atoms with Gasteiger partial charge in [-0.15, -0.1) is 0 Å². The third-order valence-electron chi connectivity index (χ3n) is 3.53. The van der Waals surface area contributed by atoms with Crippen LogP contribution in [0.2, 0.25) is 0 Å². The molecule has 92 valence electrons. The van der Waals surface area contributed by atoms with Gasteiger partial charge in [0.25, 0.3) is 0 Å². The van der Waals surface area contributed by atoms with Crippen LogP contribution in [0.5, 0.6) is 0 Å². The molecule has 0 amide bonds. The van der Waals surface area contributed by atoms with Gasteiger partial charge in [0.15, 0.2) is 0 Å². The molecule has 1 aliphatic heterocycles. The number of rotatable bonds is 4. The second-order valence-electron chi connectivity index (χ2n) is 4.73. The van der Waals surface area contributed by atoms with Gasteiger partial charge in [-0.25, -0.2) is 0 Å². The van der Waals surface area contributed by atoms with Gasteiger partial charge in [-0.3, -0.25) is 4.79 Å². The summed E-state index contributed by atoms with van der Waals surface area (Å²) in [5, 5.41) is 9.35. The van der Waals surface area contributed by atoms with Gasteiger partial charge in [0.2, 0.25) is 0 Å². The summed E-state index contributed by atoms with van der Waals surface area (Å²) in [6.45, 7) is 3.00. The van der Waals surface area contributed by atoms with E-state index in [0.717, 1.165) is 12.0 Å². The Morgan fingerprint density at radius 3 is 2.47 bits per heavy atom. The summed E-state index contributed by atoms with van der Waals surface area (Å²) < 4.78 is 5.26. The Balaban J connectivity index is 2.15. The van der Waals surface area contributed by atoms with Crippen molar-refractivity contribution in [3.05, 3.63) is 35.4 Å². The molecule has 1 atom stereocenters. The Hall–Kier alpha value is -1.35. The number of hydrogen-bond donors (Lipinski definition) is 1. The molecule has 1 aromatic rings. The van der Waals surface area contributed by atoms with Crippen LogP contribution in [-0.4, -0.2) is 24.3 Å². The van der Waals surface area contributed by atoms with E-state index < -0.39 is 11.4 Å². The van der Waals surface area contributed by atoms with Crippen molar-refractivity contribution in [2.45, 2.75) is 26.2 Å². The maximum absolute atomic E-state index is 11.4. The van der Waals surface area contributed by atoms with E-state index in [9.17, 15) is 9.90 Å². The van der Waals surface area contributed by atoms with Gasteiger partial charge >= 0.3 is 5.97 Å². The van der Waals surface area contributed by atoms with Crippen molar-refractivity contribution in [2.24, 2.45) is 5.41 Å². The lowest BCUT2D eigenvalue weighted by Gasteiger charge is -2.22. The van der Waals surface area contributed by atoms with Crippen LogP contribution in [-0.2, 0) is 22.4 Å². The molecular formula is C14H18O3. The van der Waals surface area contributed by atoms with Gasteiger partial charge in [0.1, 0.15) is 0 Å². The number of benzene rings is 1. The molecule has 1 aromatic carbocycles. The standard InChI is InChI=1S/C14H18O3/c1-2-11-3-5-12(6-4-11)9-14(13(15)16)7-8-17-10-14/h3-6H,2,7-10H2,1H3,(H,15,16). The van der Waals surface area contributed by atoms with Gasteiger partial charge < -0.3 is 9.84 Å². The molecule has 2 rings (SSSR count). The lowest BCUT2D eigenvalue weighted by molar-refractivity contribution is -0.148. The molecule has 17 heavy (non-hydrogen) atoms. The summed E-state index contributed by atoms with van der Waals surface area (Å²) in [5.74, 6) is -0.741. The zero-order valence-corrected chi connectivity index (χ0v) is 10.1. The van der Waals surface area contributed by atoms with Crippen molar-refractivity contribution < 1.29 is 14.6 Å². The molecule has 1 fully saturated rings. The molecule has 1 heterocycles. The lowest BCUT2D eigenvalue weighted by atomic mass is 9.81. The van der Waals surface area contributed by atoms with Crippen LogP contribution < -0.4 is 0 Å². The van der Waals surface area contributed by atoms with Gasteiger partial charge in [0, 0.05) is 6.61 Å². The zero-order chi connectivity index (χ0) is 12.3. The third kappa shape index (κ3) is 2.50. The smallest absolute Gasteiger partial charge is 0.312 e. The Morgan fingerprint density at radius 1 is 1.35 bits per heavy atom. The quantitative estimate of drug-likeness (QED) is 0.869. The monoisotopic (exact) mass is 234 g/mol. The van der Waals surface area contributed by atoms with E-state index in [2.05, 4.69) is 19.1 Å². The maximum atomic E-state index is 11.4. The molecule has 0 radical (unpaired) electrons. The third-order valence-corrected chi connectivity index (χ3v) is 3.53. The van der Waals surface area contributed by atoms with Crippen LogP contribution in [0, 0.1) is 5.41 Å². The highest BCUT2D eigenvalue weighted by molar-refractivity contribution is 5.75. The SMILES string of the molecule is CCc1ccc(CC2(C(=O)O)CCOC2)cc1. The summed E-state index contributed by atoms with van der Waals surface area (Å²) >= 11 is 0. The molecule has 0 aliphatic carbocycles. The molecule has 0 bridgehead atoms. The molecule has 0 saturated carbocycles. The first-order chi connectivity index (χ1) is 8.16. The molecule has 1 N–H and O–H groups in total. The van der Waals surface area contributed by atoms with Crippen LogP contribution in [0.1, 0.15) is 24.5 Å². The Bertz CT molecular complexity index is 388. The lowest BCUT2D eigenvalue weighted by Crippen LogP contribution is -2.33. The molecule has 1 aliphatic rings. The number of ether oxygens (including phenoxy) is 1. The minimum Gasteiger partial charge on any atom is -0.481 e. The number of carboxylic acids is 1. The predicted octanol–water partition coefficient (Wildman–Crippen LogP) is 2.28. The van der Waals surface area contributed by atoms with E-state index in [0.29, 0.717) is 26.1 Å². The molecule has 1 saturated heterocycles. The predicted molar refractivity (Wildman–Crippen MR) is 65.0 cm³/mol. The number of carbonyl (C=O) groups is 1. The number of aliphatic carboxylic acids is 1. The maximum Gasteiger partial charge on any atom is 0.312 e. The minimum atomic E-state index is -0.741. The zero-order valence-electron chi connectivity index (χ0n) is 10.1. The molecule has 0 spiro atoms. The fraction of sp³-hybridized carbons (Fsp3) is 0.500. The van der Waals surface area contributed by atoms with Crippen molar-refractivity contribution in [1.82, 2.24) is 0 Å². The van der Waals surface area contributed by atoms with Crippen molar-refractivity contribution in [3.63, 3.8) is 0 Å². The van der Waals surface area contributed by atoms with Gasteiger partial charge in [-0.1, -0.05) is 31.2 Å². The van der Waals surface area contributed by atoms with E-state index in [1.54, 1.807) is 0 Å². The first-order valence-corrected chi connectivity index (χ1v) is 6.05. The van der Waals surface area contributed by atoms with E-state index in [4.69, 9.17) is 4.74 Å². The molecule has 1 unspecified atom stereocenters. The molecule has 3 heteroatoms. The van der Waals surface area contributed by atoms with Crippen molar-refractivity contribution in [3.8, 4) is 0 Å². The second-order valence-corrected chi connectivity index (χ2v) is 4.73. The van der Waals surface area contributed by atoms with Crippen LogP contribution in [0.25, 0.3) is 0 Å². The molecule has 3 nitrogen and oxygen atoms in total. The van der Waals surface area contributed by atoms with Gasteiger partial charge in [-0.2, -0.15) is 0 Å². The molecule has 0 aromatic heterocycles. The summed E-state index contributed by atoms with van der Waals surface area (Å²) in [6, 6.07) is 8.20. The summed E-state index contributed by atoms with van der Waals surface area (Å²) in [5.41, 5.74) is 1.64. The highest BCUT2D eigenvalue weighted by Gasteiger charge is 2.42. The van der Waals surface area contributed by atoms with Crippen molar-refractivity contribution in [2.75, 3.05) is 13.2 Å². The second kappa shape index (κ2) is 4.88. The van der Waals surface area contributed by atoms with Crippen molar-refractivity contribution >= 4 is 5.97 Å². The van der Waals surface area contributed by atoms with Crippen LogP contribution >= 0.6 is 0 Å². The van der Waals surface area contributed by atoms with E-state index in [1.807, 2.05) is 12.1 Å².